The number of rotatable bonds is 2. The second-order valence-electron chi connectivity index (χ2n) is 6.79. The second-order valence-corrected chi connectivity index (χ2v) is 9.13. The molecule has 0 atom stereocenters. The molecule has 0 aromatic heterocycles. The van der Waals surface area contributed by atoms with Crippen molar-refractivity contribution in [2.75, 3.05) is 36.4 Å². The lowest BCUT2D eigenvalue weighted by Gasteiger charge is -2.37. The first kappa shape index (κ1) is 18.7. The molecule has 0 N–H and O–H groups in total. The average Bonchev–Trinajstić information content (AvgIpc) is 3.19. The van der Waals surface area contributed by atoms with E-state index >= 15 is 0 Å². The average molecular weight is 415 g/mol. The van der Waals surface area contributed by atoms with Crippen LogP contribution in [0.1, 0.15) is 29.6 Å². The van der Waals surface area contributed by atoms with E-state index in [0.717, 1.165) is 4.31 Å². The third-order valence-corrected chi connectivity index (χ3v) is 7.13. The molecule has 0 saturated carbocycles. The summed E-state index contributed by atoms with van der Waals surface area (Å²) < 4.78 is 36.2. The molecule has 0 radical (unpaired) electrons. The van der Waals surface area contributed by atoms with Crippen molar-refractivity contribution in [3.05, 3.63) is 28.8 Å². The molecule has 4 rings (SSSR count). The number of sulfonamides is 1. The Balaban J connectivity index is 1.51. The number of piperidine rings is 1. The minimum atomic E-state index is -3.67. The molecule has 10 heteroatoms. The van der Waals surface area contributed by atoms with Crippen molar-refractivity contribution in [3.8, 4) is 0 Å². The first-order chi connectivity index (χ1) is 12.8. The molecule has 1 spiro atoms. The van der Waals surface area contributed by atoms with Crippen molar-refractivity contribution in [2.45, 2.75) is 25.0 Å². The fraction of sp³-hybridized carbons (Fsp3) is 0.529. The van der Waals surface area contributed by atoms with E-state index in [9.17, 15) is 18.0 Å². The minimum Gasteiger partial charge on any atom is -0.347 e. The van der Waals surface area contributed by atoms with Crippen LogP contribution in [0.5, 0.6) is 0 Å². The third-order valence-electron chi connectivity index (χ3n) is 5.12. The molecular weight excluding hydrogens is 396 g/mol. The number of benzene rings is 1. The summed E-state index contributed by atoms with van der Waals surface area (Å²) in [5.74, 6) is -1.53. The summed E-state index contributed by atoms with van der Waals surface area (Å²) in [5.41, 5.74) is 0.429. The van der Waals surface area contributed by atoms with Crippen molar-refractivity contribution in [2.24, 2.45) is 0 Å². The lowest BCUT2D eigenvalue weighted by Crippen LogP contribution is -2.47. The highest BCUT2D eigenvalue weighted by atomic mass is 35.5. The Labute approximate surface area is 162 Å². The number of hydrogen-bond donors (Lipinski definition) is 0. The van der Waals surface area contributed by atoms with Gasteiger partial charge in [-0.15, -0.1) is 0 Å². The van der Waals surface area contributed by atoms with Gasteiger partial charge in [-0.3, -0.25) is 9.59 Å². The molecule has 27 heavy (non-hydrogen) atoms. The lowest BCUT2D eigenvalue weighted by molar-refractivity contribution is -0.181. The van der Waals surface area contributed by atoms with E-state index in [2.05, 4.69) is 0 Å². The van der Waals surface area contributed by atoms with Gasteiger partial charge in [0, 0.05) is 32.4 Å². The van der Waals surface area contributed by atoms with Gasteiger partial charge in [0.2, 0.25) is 15.9 Å². The zero-order chi connectivity index (χ0) is 19.2. The van der Waals surface area contributed by atoms with Gasteiger partial charge in [0.15, 0.2) is 5.79 Å². The van der Waals surface area contributed by atoms with Crippen molar-refractivity contribution in [3.63, 3.8) is 0 Å². The van der Waals surface area contributed by atoms with Gasteiger partial charge in [-0.1, -0.05) is 11.6 Å². The first-order valence-corrected chi connectivity index (χ1v) is 10.7. The predicted molar refractivity (Wildman–Crippen MR) is 97.1 cm³/mol. The van der Waals surface area contributed by atoms with Crippen molar-refractivity contribution >= 4 is 39.1 Å². The van der Waals surface area contributed by atoms with Crippen LogP contribution in [0.25, 0.3) is 0 Å². The number of halogens is 1. The highest BCUT2D eigenvalue weighted by molar-refractivity contribution is 7.94. The topological polar surface area (TPSA) is 93.2 Å². The molecule has 8 nitrogen and oxygen atoms in total. The van der Waals surface area contributed by atoms with Gasteiger partial charge in [-0.2, -0.15) is 0 Å². The number of anilines is 1. The molecule has 2 amide bonds. The summed E-state index contributed by atoms with van der Waals surface area (Å²) >= 11 is 6.25. The quantitative estimate of drug-likeness (QED) is 0.726. The van der Waals surface area contributed by atoms with Crippen LogP contribution in [0, 0.1) is 0 Å². The monoisotopic (exact) mass is 414 g/mol. The number of nitrogens with zero attached hydrogens (tertiary/aromatic N) is 2. The zero-order valence-electron chi connectivity index (χ0n) is 14.5. The molecular formula is C17H19ClN2O6S. The van der Waals surface area contributed by atoms with Crippen molar-refractivity contribution in [1.29, 1.82) is 0 Å². The van der Waals surface area contributed by atoms with Crippen LogP contribution < -0.4 is 4.31 Å². The Hall–Kier alpha value is -1.68. The molecule has 0 bridgehead atoms. The summed E-state index contributed by atoms with van der Waals surface area (Å²) in [6.45, 7) is 2.10. The van der Waals surface area contributed by atoms with E-state index in [4.69, 9.17) is 21.1 Å². The summed E-state index contributed by atoms with van der Waals surface area (Å²) in [5, 5.41) is 0.112. The molecule has 1 aromatic rings. The highest BCUT2D eigenvalue weighted by Crippen LogP contribution is 2.33. The normalized spacial score (nSPS) is 24.0. The number of carbonyl (C=O) groups is 2. The molecule has 3 fully saturated rings. The van der Waals surface area contributed by atoms with Gasteiger partial charge >= 0.3 is 0 Å². The maximum atomic E-state index is 12.8. The van der Waals surface area contributed by atoms with Gasteiger partial charge in [-0.25, -0.2) is 12.7 Å². The second kappa shape index (κ2) is 6.73. The number of likely N-dealkylation sites (tertiary alicyclic amines) is 1. The lowest BCUT2D eigenvalue weighted by atomic mass is 10.0. The van der Waals surface area contributed by atoms with E-state index in [1.165, 1.54) is 18.2 Å². The molecule has 3 saturated heterocycles. The van der Waals surface area contributed by atoms with Crippen LogP contribution in [0.3, 0.4) is 0 Å². The van der Waals surface area contributed by atoms with E-state index in [0.29, 0.717) is 39.1 Å². The molecule has 3 heterocycles. The summed E-state index contributed by atoms with van der Waals surface area (Å²) in [6.07, 6.45) is 1.13. The number of amides is 2. The summed E-state index contributed by atoms with van der Waals surface area (Å²) in [4.78, 5) is 26.4. The Bertz CT molecular complexity index is 887. The maximum Gasteiger partial charge on any atom is 0.255 e. The SMILES string of the molecule is O=C(c1ccc(N2C(=O)CCS2(=O)=O)cc1Cl)N1CCC2(CC1)OCCO2. The molecule has 3 aliphatic rings. The fourth-order valence-corrected chi connectivity index (χ4v) is 5.39. The molecule has 3 aliphatic heterocycles. The van der Waals surface area contributed by atoms with Crippen molar-refractivity contribution in [1.82, 2.24) is 4.90 Å². The number of carbonyl (C=O) groups excluding carboxylic acids is 2. The van der Waals surface area contributed by atoms with E-state index in [1.807, 2.05) is 0 Å². The predicted octanol–water partition coefficient (Wildman–Crippen LogP) is 1.39. The van der Waals surface area contributed by atoms with Crippen LogP contribution >= 0.6 is 11.6 Å². The van der Waals surface area contributed by atoms with Crippen LogP contribution in [0.4, 0.5) is 5.69 Å². The highest BCUT2D eigenvalue weighted by Gasteiger charge is 2.41. The maximum absolute atomic E-state index is 12.8. The molecule has 146 valence electrons. The third kappa shape index (κ3) is 3.33. The Morgan fingerprint density at radius 2 is 1.81 bits per heavy atom. The van der Waals surface area contributed by atoms with Gasteiger partial charge in [0.25, 0.3) is 5.91 Å². The molecule has 0 unspecified atom stereocenters. The van der Waals surface area contributed by atoms with Crippen LogP contribution in [-0.2, 0) is 24.3 Å². The van der Waals surface area contributed by atoms with E-state index in [-0.39, 0.29) is 34.4 Å². The van der Waals surface area contributed by atoms with Gasteiger partial charge in [-0.05, 0) is 18.2 Å². The van der Waals surface area contributed by atoms with Crippen LogP contribution in [0.2, 0.25) is 5.02 Å². The largest absolute Gasteiger partial charge is 0.347 e. The Kier molecular flexibility index (Phi) is 4.66. The van der Waals surface area contributed by atoms with Crippen LogP contribution in [-0.4, -0.2) is 63.0 Å². The fourth-order valence-electron chi connectivity index (χ4n) is 3.68. The van der Waals surface area contributed by atoms with Gasteiger partial charge < -0.3 is 14.4 Å². The standard InChI is InChI=1S/C17H19ClN2O6S/c18-14-11-12(20-15(21)3-10-27(20,23)24)1-2-13(14)16(22)19-6-4-17(5-7-19)25-8-9-26-17/h1-2,11H,3-10H2. The van der Waals surface area contributed by atoms with E-state index in [1.54, 1.807) is 4.90 Å². The first-order valence-electron chi connectivity index (χ1n) is 8.74. The van der Waals surface area contributed by atoms with Gasteiger partial charge in [0.1, 0.15) is 0 Å². The van der Waals surface area contributed by atoms with Crippen LogP contribution in [0.15, 0.2) is 18.2 Å². The number of hydrogen-bond acceptors (Lipinski definition) is 6. The van der Waals surface area contributed by atoms with Gasteiger partial charge in [0.05, 0.1) is 35.2 Å². The minimum absolute atomic E-state index is 0.0553. The number of ether oxygens (including phenoxy) is 2. The van der Waals surface area contributed by atoms with E-state index < -0.39 is 21.7 Å². The summed E-state index contributed by atoms with van der Waals surface area (Å²) in [6, 6.07) is 4.26. The van der Waals surface area contributed by atoms with Crippen molar-refractivity contribution < 1.29 is 27.5 Å². The Morgan fingerprint density at radius 1 is 1.15 bits per heavy atom. The zero-order valence-corrected chi connectivity index (χ0v) is 16.1. The summed E-state index contributed by atoms with van der Waals surface area (Å²) in [7, 11) is -3.67. The smallest absolute Gasteiger partial charge is 0.255 e. The molecule has 1 aromatic carbocycles. The molecule has 0 aliphatic carbocycles. The Morgan fingerprint density at radius 3 is 2.37 bits per heavy atom.